The minimum atomic E-state index is 0. The van der Waals surface area contributed by atoms with E-state index in [2.05, 4.69) is 26.7 Å². The SMILES string of the molecule is Br.C=CCn1c(-c2ccc(Cl)cc2)cs\c1=N/N=C/C=C/c1ccco1.O. The molecule has 1 aromatic carbocycles. The predicted octanol–water partition coefficient (Wildman–Crippen LogP) is 5.00. The largest absolute Gasteiger partial charge is 0.465 e. The molecule has 0 aliphatic heterocycles. The summed E-state index contributed by atoms with van der Waals surface area (Å²) in [6, 6.07) is 11.4. The van der Waals surface area contributed by atoms with Crippen molar-refractivity contribution in [1.82, 2.24) is 4.57 Å². The molecule has 0 saturated heterocycles. The third-order valence-electron chi connectivity index (χ3n) is 3.35. The summed E-state index contributed by atoms with van der Waals surface area (Å²) in [6.07, 6.45) is 8.70. The maximum absolute atomic E-state index is 5.97. The summed E-state index contributed by atoms with van der Waals surface area (Å²) in [4.78, 5) is 0.799. The number of hydrogen-bond donors (Lipinski definition) is 0. The molecular weight excluding hydrogens is 450 g/mol. The van der Waals surface area contributed by atoms with Gasteiger partial charge in [0.2, 0.25) is 4.80 Å². The Morgan fingerprint density at radius 1 is 1.22 bits per heavy atom. The van der Waals surface area contributed by atoms with Crippen molar-refractivity contribution < 1.29 is 9.89 Å². The van der Waals surface area contributed by atoms with Crippen LogP contribution in [-0.4, -0.2) is 16.3 Å². The van der Waals surface area contributed by atoms with Crippen molar-refractivity contribution >= 4 is 52.2 Å². The Balaban J connectivity index is 0.00000182. The molecule has 0 bridgehead atoms. The molecule has 142 valence electrons. The fourth-order valence-electron chi connectivity index (χ4n) is 2.21. The normalized spacial score (nSPS) is 11.5. The molecule has 0 spiro atoms. The summed E-state index contributed by atoms with van der Waals surface area (Å²) >= 11 is 7.50. The Bertz CT molecular complexity index is 958. The van der Waals surface area contributed by atoms with Gasteiger partial charge in [-0.1, -0.05) is 29.8 Å². The molecule has 2 aromatic heterocycles. The van der Waals surface area contributed by atoms with Crippen molar-refractivity contribution in [3.05, 3.63) is 82.4 Å². The second kappa shape index (κ2) is 11.5. The van der Waals surface area contributed by atoms with Crippen LogP contribution >= 0.6 is 39.9 Å². The van der Waals surface area contributed by atoms with Crippen LogP contribution in [0.2, 0.25) is 5.02 Å². The molecule has 5 nitrogen and oxygen atoms in total. The number of hydrogen-bond acceptors (Lipinski definition) is 4. The van der Waals surface area contributed by atoms with Crippen LogP contribution in [0.25, 0.3) is 17.3 Å². The number of rotatable bonds is 6. The molecule has 8 heteroatoms. The number of halogens is 2. The van der Waals surface area contributed by atoms with Crippen molar-refractivity contribution in [2.75, 3.05) is 0 Å². The highest BCUT2D eigenvalue weighted by atomic mass is 79.9. The first-order chi connectivity index (χ1) is 12.3. The molecule has 27 heavy (non-hydrogen) atoms. The van der Waals surface area contributed by atoms with E-state index in [1.165, 1.54) is 11.3 Å². The number of aromatic nitrogens is 1. The van der Waals surface area contributed by atoms with E-state index in [9.17, 15) is 0 Å². The van der Waals surface area contributed by atoms with Crippen molar-refractivity contribution in [3.8, 4) is 11.3 Å². The van der Waals surface area contributed by atoms with Crippen LogP contribution < -0.4 is 4.80 Å². The molecule has 0 saturated carbocycles. The van der Waals surface area contributed by atoms with Gasteiger partial charge in [-0.05, 0) is 42.0 Å². The summed E-state index contributed by atoms with van der Waals surface area (Å²) in [7, 11) is 0. The van der Waals surface area contributed by atoms with E-state index < -0.39 is 0 Å². The second-order valence-corrected chi connectivity index (χ2v) is 6.32. The number of thiazole rings is 1. The van der Waals surface area contributed by atoms with Crippen LogP contribution in [-0.2, 0) is 6.54 Å². The van der Waals surface area contributed by atoms with Gasteiger partial charge in [-0.25, -0.2) is 0 Å². The minimum absolute atomic E-state index is 0. The highest BCUT2D eigenvalue weighted by Gasteiger charge is 2.06. The maximum atomic E-state index is 5.97. The lowest BCUT2D eigenvalue weighted by molar-refractivity contribution is 0.557. The van der Waals surface area contributed by atoms with Crippen molar-refractivity contribution in [2.45, 2.75) is 6.54 Å². The smallest absolute Gasteiger partial charge is 0.211 e. The summed E-state index contributed by atoms with van der Waals surface area (Å²) in [5.41, 5.74) is 2.13. The zero-order chi connectivity index (χ0) is 17.5. The number of allylic oxidation sites excluding steroid dienone is 2. The molecule has 0 unspecified atom stereocenters. The summed E-state index contributed by atoms with van der Waals surface area (Å²) in [5, 5.41) is 11.2. The van der Waals surface area contributed by atoms with Gasteiger partial charge in [-0.3, -0.25) is 0 Å². The average molecular weight is 469 g/mol. The Hall–Kier alpha value is -2.19. The van der Waals surface area contributed by atoms with Gasteiger partial charge in [0.05, 0.1) is 12.0 Å². The van der Waals surface area contributed by atoms with Crippen molar-refractivity contribution in [2.24, 2.45) is 10.2 Å². The van der Waals surface area contributed by atoms with Crippen LogP contribution in [0.5, 0.6) is 0 Å². The zero-order valence-electron chi connectivity index (χ0n) is 14.3. The predicted molar refractivity (Wildman–Crippen MR) is 119 cm³/mol. The number of benzene rings is 1. The summed E-state index contributed by atoms with van der Waals surface area (Å²) in [5.74, 6) is 0.773. The molecular formula is C19H19BrClN3O2S. The van der Waals surface area contributed by atoms with E-state index in [0.717, 1.165) is 21.8 Å². The maximum Gasteiger partial charge on any atom is 0.211 e. The first-order valence-corrected chi connectivity index (χ1v) is 8.86. The quantitative estimate of drug-likeness (QED) is 0.285. The van der Waals surface area contributed by atoms with Gasteiger partial charge in [0.25, 0.3) is 0 Å². The topological polar surface area (TPSA) is 74.3 Å². The monoisotopic (exact) mass is 467 g/mol. The highest BCUT2D eigenvalue weighted by molar-refractivity contribution is 8.93. The van der Waals surface area contributed by atoms with E-state index >= 15 is 0 Å². The first kappa shape index (κ1) is 22.9. The molecule has 0 radical (unpaired) electrons. The lowest BCUT2D eigenvalue weighted by atomic mass is 10.2. The molecule has 3 rings (SSSR count). The van der Waals surface area contributed by atoms with Crippen LogP contribution in [0.15, 0.2) is 81.4 Å². The van der Waals surface area contributed by atoms with Gasteiger partial charge < -0.3 is 14.5 Å². The second-order valence-electron chi connectivity index (χ2n) is 5.05. The van der Waals surface area contributed by atoms with Crippen LogP contribution in [0.1, 0.15) is 5.76 Å². The van der Waals surface area contributed by atoms with E-state index in [1.807, 2.05) is 48.6 Å². The van der Waals surface area contributed by atoms with Crippen LogP contribution in [0.3, 0.4) is 0 Å². The van der Waals surface area contributed by atoms with Crippen molar-refractivity contribution in [3.63, 3.8) is 0 Å². The lowest BCUT2D eigenvalue weighted by Crippen LogP contribution is -2.14. The standard InChI is InChI=1S/C19H16ClN3OS.BrH.H2O/c1-2-12-23-18(15-7-9-16(20)10-8-15)14-25-19(23)22-21-11-3-5-17-6-4-13-24-17;;/h2-11,13-14H,1,12H2;1H;1H2/b5-3+,21-11+,22-19-;;. The summed E-state index contributed by atoms with van der Waals surface area (Å²) < 4.78 is 7.27. The van der Waals surface area contributed by atoms with E-state index in [1.54, 1.807) is 18.6 Å². The van der Waals surface area contributed by atoms with Crippen LogP contribution in [0.4, 0.5) is 0 Å². The van der Waals surface area contributed by atoms with Gasteiger partial charge in [-0.15, -0.1) is 40.0 Å². The Kier molecular flexibility index (Phi) is 9.74. The molecule has 3 aromatic rings. The lowest BCUT2D eigenvalue weighted by Gasteiger charge is -2.06. The molecule has 0 aliphatic rings. The van der Waals surface area contributed by atoms with Gasteiger partial charge in [-0.2, -0.15) is 5.10 Å². The molecule has 0 aliphatic carbocycles. The number of nitrogens with zero attached hydrogens (tertiary/aromatic N) is 3. The van der Waals surface area contributed by atoms with Crippen LogP contribution in [0, 0.1) is 0 Å². The summed E-state index contributed by atoms with van der Waals surface area (Å²) in [6.45, 7) is 4.48. The number of furan rings is 1. The highest BCUT2D eigenvalue weighted by Crippen LogP contribution is 2.22. The zero-order valence-corrected chi connectivity index (χ0v) is 17.6. The van der Waals surface area contributed by atoms with Gasteiger partial charge in [0.15, 0.2) is 0 Å². The third kappa shape index (κ3) is 6.18. The van der Waals surface area contributed by atoms with E-state index in [-0.39, 0.29) is 22.5 Å². The molecule has 0 atom stereocenters. The van der Waals surface area contributed by atoms with Crippen molar-refractivity contribution in [1.29, 1.82) is 0 Å². The van der Waals surface area contributed by atoms with Gasteiger partial charge in [0, 0.05) is 23.2 Å². The third-order valence-corrected chi connectivity index (χ3v) is 4.45. The van der Waals surface area contributed by atoms with Gasteiger partial charge >= 0.3 is 0 Å². The fourth-order valence-corrected chi connectivity index (χ4v) is 3.21. The van der Waals surface area contributed by atoms with Gasteiger partial charge in [0.1, 0.15) is 5.76 Å². The first-order valence-electron chi connectivity index (χ1n) is 7.60. The van der Waals surface area contributed by atoms with E-state index in [0.29, 0.717) is 11.6 Å². The Morgan fingerprint density at radius 2 is 2.00 bits per heavy atom. The van der Waals surface area contributed by atoms with E-state index in [4.69, 9.17) is 16.0 Å². The minimum Gasteiger partial charge on any atom is -0.465 e. The Labute approximate surface area is 176 Å². The molecule has 0 amide bonds. The Morgan fingerprint density at radius 3 is 2.67 bits per heavy atom. The molecule has 2 heterocycles. The fraction of sp³-hybridized carbons (Fsp3) is 0.0526. The molecule has 2 N–H and O–H groups in total. The average Bonchev–Trinajstić information content (AvgIpc) is 3.26. The molecule has 0 fully saturated rings.